The Bertz CT molecular complexity index is 637. The van der Waals surface area contributed by atoms with Crippen molar-refractivity contribution in [3.8, 4) is 0 Å². The van der Waals surface area contributed by atoms with Crippen LogP contribution in [0.15, 0.2) is 33.2 Å². The van der Waals surface area contributed by atoms with Crippen LogP contribution in [0.5, 0.6) is 0 Å². The predicted octanol–water partition coefficient (Wildman–Crippen LogP) is 5.68. The normalized spacial score (nSPS) is 13.6. The first kappa shape index (κ1) is 16.0. The molecule has 0 amide bonds. The summed E-state index contributed by atoms with van der Waals surface area (Å²) in [5.74, 6) is 0. The summed E-state index contributed by atoms with van der Waals surface area (Å²) in [6, 6.07) is 5.08. The zero-order valence-corrected chi connectivity index (χ0v) is 14.1. The van der Waals surface area contributed by atoms with E-state index in [0.717, 1.165) is 17.0 Å². The monoisotopic (exact) mass is 428 g/mol. The number of halogens is 5. The maximum Gasteiger partial charge on any atom is 0.416 e. The number of aliphatic hydroxyl groups is 1. The fourth-order valence-electron chi connectivity index (χ4n) is 1.76. The van der Waals surface area contributed by atoms with Gasteiger partial charge in [0.15, 0.2) is 0 Å². The Balaban J connectivity index is 2.49. The summed E-state index contributed by atoms with van der Waals surface area (Å²) in [6.45, 7) is 1.87. The Labute approximate surface area is 134 Å². The van der Waals surface area contributed by atoms with Crippen molar-refractivity contribution in [3.05, 3.63) is 54.1 Å². The Morgan fingerprint density at radius 1 is 1.15 bits per heavy atom. The third-order valence-corrected chi connectivity index (χ3v) is 5.45. The summed E-state index contributed by atoms with van der Waals surface area (Å²) in [4.78, 5) is 1.55. The molecule has 0 aliphatic heterocycles. The largest absolute Gasteiger partial charge is 0.416 e. The van der Waals surface area contributed by atoms with Crippen LogP contribution in [0.4, 0.5) is 13.2 Å². The van der Waals surface area contributed by atoms with E-state index in [1.807, 2.05) is 13.0 Å². The molecule has 0 saturated carbocycles. The first-order chi connectivity index (χ1) is 9.20. The Kier molecular flexibility index (Phi) is 4.63. The van der Waals surface area contributed by atoms with Gasteiger partial charge in [-0.1, -0.05) is 15.9 Å². The Morgan fingerprint density at radius 2 is 1.80 bits per heavy atom. The number of hydrogen-bond acceptors (Lipinski definition) is 2. The lowest BCUT2D eigenvalue weighted by Gasteiger charge is -2.15. The van der Waals surface area contributed by atoms with Crippen LogP contribution in [0, 0.1) is 6.92 Å². The molecule has 108 valence electrons. The first-order valence-electron chi connectivity index (χ1n) is 5.50. The topological polar surface area (TPSA) is 20.2 Å². The van der Waals surface area contributed by atoms with Crippen molar-refractivity contribution in [1.29, 1.82) is 0 Å². The van der Waals surface area contributed by atoms with Gasteiger partial charge in [0.05, 0.1) is 10.4 Å². The highest BCUT2D eigenvalue weighted by molar-refractivity contribution is 9.10. The van der Waals surface area contributed by atoms with Crippen LogP contribution in [0.2, 0.25) is 0 Å². The molecular formula is C13H9Br2F3OS. The molecule has 1 aromatic heterocycles. The molecule has 2 aromatic rings. The van der Waals surface area contributed by atoms with Gasteiger partial charge in [0.2, 0.25) is 0 Å². The standard InChI is InChI=1S/C13H9Br2F3OS/c1-6-4-10(15)12(20-6)11(19)8-5-7(13(16,17)18)2-3-9(8)14/h2-5,11,19H,1H3. The van der Waals surface area contributed by atoms with Crippen LogP contribution >= 0.6 is 43.2 Å². The van der Waals surface area contributed by atoms with Gasteiger partial charge in [0.1, 0.15) is 6.10 Å². The minimum absolute atomic E-state index is 0.197. The van der Waals surface area contributed by atoms with Crippen LogP contribution in [0.25, 0.3) is 0 Å². The first-order valence-corrected chi connectivity index (χ1v) is 7.91. The highest BCUT2D eigenvalue weighted by atomic mass is 79.9. The molecular weight excluding hydrogens is 421 g/mol. The maximum absolute atomic E-state index is 12.7. The molecule has 0 fully saturated rings. The molecule has 0 spiro atoms. The molecule has 20 heavy (non-hydrogen) atoms. The number of rotatable bonds is 2. The van der Waals surface area contributed by atoms with Crippen LogP contribution < -0.4 is 0 Å². The molecule has 1 nitrogen and oxygen atoms in total. The van der Waals surface area contributed by atoms with Crippen molar-refractivity contribution in [1.82, 2.24) is 0 Å². The van der Waals surface area contributed by atoms with Crippen molar-refractivity contribution in [2.24, 2.45) is 0 Å². The molecule has 0 bridgehead atoms. The lowest BCUT2D eigenvalue weighted by Crippen LogP contribution is -2.07. The zero-order chi connectivity index (χ0) is 15.1. The van der Waals surface area contributed by atoms with Crippen molar-refractivity contribution in [2.45, 2.75) is 19.2 Å². The van der Waals surface area contributed by atoms with E-state index in [-0.39, 0.29) is 5.56 Å². The van der Waals surface area contributed by atoms with E-state index in [1.165, 1.54) is 17.4 Å². The molecule has 1 unspecified atom stereocenters. The van der Waals surface area contributed by atoms with Crippen LogP contribution in [0.3, 0.4) is 0 Å². The average Bonchev–Trinajstić information content (AvgIpc) is 2.66. The number of benzene rings is 1. The summed E-state index contributed by atoms with van der Waals surface area (Å²) in [5.41, 5.74) is -0.582. The predicted molar refractivity (Wildman–Crippen MR) is 80.0 cm³/mol. The van der Waals surface area contributed by atoms with Crippen molar-refractivity contribution in [2.75, 3.05) is 0 Å². The van der Waals surface area contributed by atoms with Gasteiger partial charge in [-0.05, 0) is 47.1 Å². The van der Waals surface area contributed by atoms with Gasteiger partial charge in [-0.3, -0.25) is 0 Å². The van der Waals surface area contributed by atoms with Gasteiger partial charge in [-0.2, -0.15) is 13.2 Å². The van der Waals surface area contributed by atoms with Crippen LogP contribution in [0.1, 0.15) is 27.0 Å². The minimum atomic E-state index is -4.43. The van der Waals surface area contributed by atoms with Gasteiger partial charge in [0, 0.05) is 19.4 Å². The maximum atomic E-state index is 12.7. The second-order valence-corrected chi connectivity index (χ2v) is 7.20. The molecule has 1 atom stereocenters. The second-order valence-electron chi connectivity index (χ2n) is 4.21. The van der Waals surface area contributed by atoms with Crippen LogP contribution in [-0.4, -0.2) is 5.11 Å². The highest BCUT2D eigenvalue weighted by Gasteiger charge is 2.32. The molecule has 7 heteroatoms. The molecule has 0 radical (unpaired) electrons. The van der Waals surface area contributed by atoms with Gasteiger partial charge >= 0.3 is 6.18 Å². The molecule has 0 aliphatic rings. The Morgan fingerprint density at radius 3 is 2.30 bits per heavy atom. The highest BCUT2D eigenvalue weighted by Crippen LogP contribution is 2.40. The molecule has 1 aromatic carbocycles. The smallest absolute Gasteiger partial charge is 0.383 e. The van der Waals surface area contributed by atoms with Gasteiger partial charge in [0.25, 0.3) is 0 Å². The molecule has 1 heterocycles. The number of aliphatic hydroxyl groups excluding tert-OH is 1. The fourth-order valence-corrected chi connectivity index (χ4v) is 4.10. The van der Waals surface area contributed by atoms with E-state index in [4.69, 9.17) is 0 Å². The third kappa shape index (κ3) is 3.27. The third-order valence-electron chi connectivity index (χ3n) is 2.70. The number of thiophene rings is 1. The van der Waals surface area contributed by atoms with E-state index < -0.39 is 17.8 Å². The summed E-state index contributed by atoms with van der Waals surface area (Å²) in [5, 5.41) is 10.3. The molecule has 0 aliphatic carbocycles. The SMILES string of the molecule is Cc1cc(Br)c(C(O)c2cc(C(F)(F)F)ccc2Br)s1. The Hall–Kier alpha value is -0.370. The second kappa shape index (κ2) is 5.79. The molecule has 0 saturated heterocycles. The number of alkyl halides is 3. The van der Waals surface area contributed by atoms with E-state index in [0.29, 0.717) is 13.8 Å². The molecule has 2 rings (SSSR count). The fraction of sp³-hybridized carbons (Fsp3) is 0.231. The minimum Gasteiger partial charge on any atom is -0.383 e. The van der Waals surface area contributed by atoms with E-state index in [1.54, 1.807) is 0 Å². The lowest BCUT2D eigenvalue weighted by atomic mass is 10.0. The number of hydrogen-bond donors (Lipinski definition) is 1. The molecule has 1 N–H and O–H groups in total. The van der Waals surface area contributed by atoms with Crippen LogP contribution in [-0.2, 0) is 6.18 Å². The lowest BCUT2D eigenvalue weighted by molar-refractivity contribution is -0.137. The summed E-state index contributed by atoms with van der Waals surface area (Å²) >= 11 is 7.84. The quantitative estimate of drug-likeness (QED) is 0.650. The van der Waals surface area contributed by atoms with Gasteiger partial charge in [-0.25, -0.2) is 0 Å². The average molecular weight is 430 g/mol. The van der Waals surface area contributed by atoms with Crippen molar-refractivity contribution in [3.63, 3.8) is 0 Å². The van der Waals surface area contributed by atoms with Crippen molar-refractivity contribution < 1.29 is 18.3 Å². The van der Waals surface area contributed by atoms with Crippen molar-refractivity contribution >= 4 is 43.2 Å². The van der Waals surface area contributed by atoms with Gasteiger partial charge < -0.3 is 5.11 Å². The van der Waals surface area contributed by atoms with Gasteiger partial charge in [-0.15, -0.1) is 11.3 Å². The number of aryl methyl sites for hydroxylation is 1. The summed E-state index contributed by atoms with van der Waals surface area (Å²) in [7, 11) is 0. The van der Waals surface area contributed by atoms with E-state index in [9.17, 15) is 18.3 Å². The van der Waals surface area contributed by atoms with E-state index in [2.05, 4.69) is 31.9 Å². The van der Waals surface area contributed by atoms with E-state index >= 15 is 0 Å². The summed E-state index contributed by atoms with van der Waals surface area (Å²) < 4.78 is 39.4. The zero-order valence-electron chi connectivity index (χ0n) is 10.1. The summed E-state index contributed by atoms with van der Waals surface area (Å²) in [6.07, 6.45) is -5.54.